The van der Waals surface area contributed by atoms with Gasteiger partial charge in [0.2, 0.25) is 6.33 Å². The fourth-order valence-corrected chi connectivity index (χ4v) is 4.58. The van der Waals surface area contributed by atoms with Crippen molar-refractivity contribution in [1.29, 1.82) is 0 Å². The smallest absolute Gasteiger partial charge is 0.351 e. The van der Waals surface area contributed by atoms with Gasteiger partial charge in [0.25, 0.3) is 4.96 Å². The van der Waals surface area contributed by atoms with E-state index in [1.165, 1.54) is 29.8 Å². The lowest BCUT2D eigenvalue weighted by Crippen LogP contribution is -2.32. The van der Waals surface area contributed by atoms with Crippen molar-refractivity contribution in [2.24, 2.45) is 12.8 Å². The van der Waals surface area contributed by atoms with Gasteiger partial charge in [0.15, 0.2) is 0 Å². The number of carbonyl (C=O) groups excluding carboxylic acids is 1. The predicted octanol–water partition coefficient (Wildman–Crippen LogP) is 3.28. The number of nitrogen functional groups attached to an aromatic ring is 1. The van der Waals surface area contributed by atoms with Gasteiger partial charge in [0.1, 0.15) is 17.2 Å². The van der Waals surface area contributed by atoms with E-state index in [2.05, 4.69) is 15.0 Å². The maximum absolute atomic E-state index is 14.5. The molecule has 3 aromatic heterocycles. The molecule has 3 heterocycles. The SMILES string of the molecule is Cn1cnc(-c2cccc(N(C(N)=O)c3ccccc3F)c2)c1-c1csc2ncnc(N)[n+]12. The number of benzene rings is 2. The number of amides is 2. The molecule has 2 aromatic carbocycles. The number of hydrogen-bond acceptors (Lipinski definition) is 6. The minimum absolute atomic E-state index is 0.0627. The fourth-order valence-electron chi connectivity index (χ4n) is 3.74. The van der Waals surface area contributed by atoms with Gasteiger partial charge in [-0.25, -0.2) is 14.2 Å². The number of aromatic nitrogens is 5. The van der Waals surface area contributed by atoms with Gasteiger partial charge >= 0.3 is 12.0 Å². The second-order valence-electron chi connectivity index (χ2n) is 7.20. The lowest BCUT2D eigenvalue weighted by molar-refractivity contribution is -0.484. The van der Waals surface area contributed by atoms with E-state index in [0.717, 1.165) is 16.3 Å². The maximum atomic E-state index is 14.5. The Morgan fingerprint density at radius 1 is 1.15 bits per heavy atom. The third kappa shape index (κ3) is 3.44. The Hall–Kier alpha value is -4.38. The fraction of sp³-hybridized carbons (Fsp3) is 0.0455. The van der Waals surface area contributed by atoms with Crippen molar-refractivity contribution in [2.75, 3.05) is 10.6 Å². The topological polar surface area (TPSA) is 120 Å². The monoisotopic (exact) mass is 461 g/mol. The lowest BCUT2D eigenvalue weighted by atomic mass is 10.1. The van der Waals surface area contributed by atoms with Crippen LogP contribution in [-0.2, 0) is 7.05 Å². The van der Waals surface area contributed by atoms with Crippen LogP contribution in [0, 0.1) is 5.82 Å². The summed E-state index contributed by atoms with van der Waals surface area (Å²) in [6, 6.07) is 12.2. The summed E-state index contributed by atoms with van der Waals surface area (Å²) in [4.78, 5) is 27.0. The third-order valence-electron chi connectivity index (χ3n) is 5.17. The quantitative estimate of drug-likeness (QED) is 0.398. The number of primary amides is 1. The summed E-state index contributed by atoms with van der Waals surface area (Å²) in [6.07, 6.45) is 3.10. The van der Waals surface area contributed by atoms with Crippen molar-refractivity contribution in [2.45, 2.75) is 0 Å². The number of rotatable bonds is 4. The largest absolute Gasteiger partial charge is 0.353 e. The first kappa shape index (κ1) is 20.5. The Kier molecular flexibility index (Phi) is 4.94. The standard InChI is InChI=1S/C22H17FN8OS/c1-29-12-28-18(19(29)17-10-33-22-27-11-26-20(24)31(17)22)13-5-4-6-14(9-13)30(21(25)32)16-8-3-2-7-15(16)23/h2-12,24H,1H3,(H2,25,32)/p+1. The average molecular weight is 462 g/mol. The van der Waals surface area contributed by atoms with Crippen LogP contribution in [0.2, 0.25) is 0 Å². The highest BCUT2D eigenvalue weighted by Crippen LogP contribution is 2.35. The van der Waals surface area contributed by atoms with Crippen molar-refractivity contribution in [1.82, 2.24) is 19.5 Å². The second-order valence-corrected chi connectivity index (χ2v) is 8.04. The summed E-state index contributed by atoms with van der Waals surface area (Å²) < 4.78 is 18.1. The molecule has 5 rings (SSSR count). The number of nitrogens with zero attached hydrogens (tertiary/aromatic N) is 6. The molecule has 0 radical (unpaired) electrons. The summed E-state index contributed by atoms with van der Waals surface area (Å²) in [5.74, 6) is -0.256. The van der Waals surface area contributed by atoms with E-state index in [1.54, 1.807) is 41.1 Å². The van der Waals surface area contributed by atoms with Crippen LogP contribution in [0.5, 0.6) is 0 Å². The van der Waals surface area contributed by atoms with Gasteiger partial charge in [-0.1, -0.05) is 45.6 Å². The van der Waals surface area contributed by atoms with Crippen LogP contribution in [0.25, 0.3) is 27.6 Å². The molecule has 0 bridgehead atoms. The first-order chi connectivity index (χ1) is 16.0. The Morgan fingerprint density at radius 2 is 1.97 bits per heavy atom. The first-order valence-corrected chi connectivity index (χ1v) is 10.7. The van der Waals surface area contributed by atoms with Crippen molar-refractivity contribution in [3.8, 4) is 22.6 Å². The zero-order chi connectivity index (χ0) is 23.1. The van der Waals surface area contributed by atoms with Gasteiger partial charge in [0.05, 0.1) is 23.4 Å². The summed E-state index contributed by atoms with van der Waals surface area (Å²) in [6.45, 7) is 0. The van der Waals surface area contributed by atoms with Gasteiger partial charge in [-0.2, -0.15) is 4.40 Å². The molecule has 164 valence electrons. The molecule has 9 nitrogen and oxygen atoms in total. The van der Waals surface area contributed by atoms with E-state index < -0.39 is 11.8 Å². The number of thiazole rings is 1. The molecule has 0 fully saturated rings. The third-order valence-corrected chi connectivity index (χ3v) is 6.01. The normalized spacial score (nSPS) is 11.1. The van der Waals surface area contributed by atoms with Crippen molar-refractivity contribution in [3.63, 3.8) is 0 Å². The lowest BCUT2D eigenvalue weighted by Gasteiger charge is -2.21. The summed E-state index contributed by atoms with van der Waals surface area (Å²) in [5.41, 5.74) is 15.1. The Labute approximate surface area is 191 Å². The highest BCUT2D eigenvalue weighted by atomic mass is 32.1. The molecule has 0 aliphatic carbocycles. The van der Waals surface area contributed by atoms with Crippen LogP contribution in [0.1, 0.15) is 0 Å². The Morgan fingerprint density at radius 3 is 2.76 bits per heavy atom. The molecule has 0 atom stereocenters. The highest BCUT2D eigenvalue weighted by molar-refractivity contribution is 7.14. The number of para-hydroxylation sites is 1. The van der Waals surface area contributed by atoms with Crippen molar-refractivity contribution >= 4 is 39.7 Å². The first-order valence-electron chi connectivity index (χ1n) is 9.81. The maximum Gasteiger partial charge on any atom is 0.353 e. The van der Waals surface area contributed by atoms with Crippen LogP contribution in [-0.4, -0.2) is 25.6 Å². The molecule has 4 N–H and O–H groups in total. The Balaban J connectivity index is 1.67. The summed E-state index contributed by atoms with van der Waals surface area (Å²) >= 11 is 1.43. The van der Waals surface area contributed by atoms with Crippen LogP contribution in [0.15, 0.2) is 66.6 Å². The molecule has 33 heavy (non-hydrogen) atoms. The molecule has 0 saturated carbocycles. The van der Waals surface area contributed by atoms with Crippen LogP contribution in [0.4, 0.5) is 26.5 Å². The minimum Gasteiger partial charge on any atom is -0.351 e. The molecule has 0 spiro atoms. The number of aryl methyl sites for hydroxylation is 1. The molecule has 11 heteroatoms. The summed E-state index contributed by atoms with van der Waals surface area (Å²) in [7, 11) is 1.87. The molecule has 0 aliphatic rings. The van der Waals surface area contributed by atoms with Gasteiger partial charge < -0.3 is 16.0 Å². The number of fused-ring (bicyclic) bond motifs is 1. The number of hydrogen-bond donors (Lipinski definition) is 2. The molecule has 0 aliphatic heterocycles. The van der Waals surface area contributed by atoms with Gasteiger partial charge in [-0.15, -0.1) is 0 Å². The van der Waals surface area contributed by atoms with Crippen LogP contribution < -0.4 is 20.8 Å². The molecule has 0 unspecified atom stereocenters. The minimum atomic E-state index is -0.803. The highest BCUT2D eigenvalue weighted by Gasteiger charge is 2.24. The number of carbonyl (C=O) groups is 1. The molecular formula is C22H18FN8OS+. The number of halogens is 1. The average Bonchev–Trinajstić information content (AvgIpc) is 3.39. The van der Waals surface area contributed by atoms with E-state index in [0.29, 0.717) is 27.9 Å². The predicted molar refractivity (Wildman–Crippen MR) is 123 cm³/mol. The van der Waals surface area contributed by atoms with Gasteiger partial charge in [-0.05, 0) is 24.3 Å². The number of imidazole rings is 1. The van der Waals surface area contributed by atoms with Crippen LogP contribution >= 0.6 is 11.3 Å². The van der Waals surface area contributed by atoms with Crippen molar-refractivity contribution < 1.29 is 13.6 Å². The number of nitrogens with two attached hydrogens (primary N) is 2. The Bertz CT molecular complexity index is 1510. The number of urea groups is 1. The zero-order valence-corrected chi connectivity index (χ0v) is 18.2. The van der Waals surface area contributed by atoms with E-state index in [-0.39, 0.29) is 5.69 Å². The van der Waals surface area contributed by atoms with E-state index in [1.807, 2.05) is 23.1 Å². The summed E-state index contributed by atoms with van der Waals surface area (Å²) in [5, 5.41) is 1.93. The molecule has 5 aromatic rings. The molecule has 2 amide bonds. The van der Waals surface area contributed by atoms with E-state index in [9.17, 15) is 9.18 Å². The van der Waals surface area contributed by atoms with Gasteiger partial charge in [0, 0.05) is 18.0 Å². The van der Waals surface area contributed by atoms with E-state index >= 15 is 0 Å². The van der Waals surface area contributed by atoms with Crippen LogP contribution in [0.3, 0.4) is 0 Å². The van der Waals surface area contributed by atoms with Gasteiger partial charge in [-0.3, -0.25) is 4.90 Å². The molecular weight excluding hydrogens is 443 g/mol. The zero-order valence-electron chi connectivity index (χ0n) is 17.4. The molecule has 0 saturated heterocycles. The second kappa shape index (κ2) is 7.95. The number of anilines is 3. The van der Waals surface area contributed by atoms with Crippen molar-refractivity contribution in [3.05, 3.63) is 72.4 Å². The van der Waals surface area contributed by atoms with E-state index in [4.69, 9.17) is 11.5 Å².